The highest BCUT2D eigenvalue weighted by Gasteiger charge is 2.48. The van der Waals surface area contributed by atoms with E-state index in [0.29, 0.717) is 13.0 Å². The van der Waals surface area contributed by atoms with Gasteiger partial charge < -0.3 is 5.32 Å². The van der Waals surface area contributed by atoms with E-state index in [1.165, 1.54) is 4.90 Å². The van der Waals surface area contributed by atoms with Gasteiger partial charge in [0.1, 0.15) is 5.41 Å². The van der Waals surface area contributed by atoms with Crippen LogP contribution in [0.1, 0.15) is 40.5 Å². The molecule has 1 aliphatic rings. The Labute approximate surface area is 108 Å². The first-order valence-electron chi connectivity index (χ1n) is 6.00. The van der Waals surface area contributed by atoms with Gasteiger partial charge in [0, 0.05) is 6.54 Å². The lowest BCUT2D eigenvalue weighted by Crippen LogP contribution is -2.63. The zero-order valence-electron chi connectivity index (χ0n) is 10.9. The monoisotopic (exact) mass is 256 g/mol. The molecule has 0 saturated carbocycles. The average Bonchev–Trinajstić information content (AvgIpc) is 2.21. The van der Waals surface area contributed by atoms with Crippen molar-refractivity contribution in [2.45, 2.75) is 40.5 Å². The van der Waals surface area contributed by atoms with Gasteiger partial charge in [0.25, 0.3) is 0 Å². The number of hydrogen-bond donors (Lipinski definition) is 1. The highest BCUT2D eigenvalue weighted by molar-refractivity contribution is 7.80. The lowest BCUT2D eigenvalue weighted by molar-refractivity contribution is -0.150. The third-order valence-corrected chi connectivity index (χ3v) is 3.27. The Kier molecular flexibility index (Phi) is 4.25. The molecule has 1 aliphatic heterocycles. The Balaban J connectivity index is 3.00. The second-order valence-electron chi connectivity index (χ2n) is 5.15. The normalized spacial score (nSPS) is 25.5. The number of nitrogens with zero attached hydrogens (tertiary/aromatic N) is 1. The van der Waals surface area contributed by atoms with E-state index in [2.05, 4.69) is 5.32 Å². The predicted octanol–water partition coefficient (Wildman–Crippen LogP) is 1.69. The summed E-state index contributed by atoms with van der Waals surface area (Å²) in [5.41, 5.74) is -0.981. The minimum atomic E-state index is -0.981. The first-order valence-corrected chi connectivity index (χ1v) is 6.41. The standard InChI is InChI=1S/C12H20N2O2S/c1-5-6-14-10(16)12(4,7-8(2)3)9(15)13-11(14)17/h8H,5-7H2,1-4H3,(H,13,15,17). The number of carbonyl (C=O) groups excluding carboxylic acids is 2. The van der Waals surface area contributed by atoms with Crippen LogP contribution in [-0.4, -0.2) is 28.4 Å². The van der Waals surface area contributed by atoms with E-state index in [1.54, 1.807) is 6.92 Å². The number of nitrogens with one attached hydrogen (secondary N) is 1. The second kappa shape index (κ2) is 5.12. The van der Waals surface area contributed by atoms with E-state index >= 15 is 0 Å². The lowest BCUT2D eigenvalue weighted by atomic mass is 9.78. The van der Waals surface area contributed by atoms with Crippen molar-refractivity contribution >= 4 is 29.1 Å². The fourth-order valence-electron chi connectivity index (χ4n) is 2.21. The summed E-state index contributed by atoms with van der Waals surface area (Å²) in [7, 11) is 0. The minimum Gasteiger partial charge on any atom is -0.302 e. The molecule has 0 aromatic rings. The SMILES string of the molecule is CCCN1C(=O)C(C)(CC(C)C)C(=O)NC1=S. The van der Waals surface area contributed by atoms with Crippen LogP contribution in [0.2, 0.25) is 0 Å². The summed E-state index contributed by atoms with van der Waals surface area (Å²) in [6.45, 7) is 8.25. The Bertz CT molecular complexity index is 354. The van der Waals surface area contributed by atoms with E-state index < -0.39 is 5.41 Å². The van der Waals surface area contributed by atoms with Crippen LogP contribution < -0.4 is 5.32 Å². The molecule has 0 aromatic carbocycles. The van der Waals surface area contributed by atoms with E-state index in [0.717, 1.165) is 6.42 Å². The second-order valence-corrected chi connectivity index (χ2v) is 5.53. The van der Waals surface area contributed by atoms with E-state index in [4.69, 9.17) is 12.2 Å². The highest BCUT2D eigenvalue weighted by atomic mass is 32.1. The molecule has 1 heterocycles. The minimum absolute atomic E-state index is 0.165. The zero-order valence-corrected chi connectivity index (χ0v) is 11.7. The summed E-state index contributed by atoms with van der Waals surface area (Å²) >= 11 is 5.04. The van der Waals surface area contributed by atoms with Gasteiger partial charge in [-0.25, -0.2) is 0 Å². The molecule has 0 bridgehead atoms. The molecule has 17 heavy (non-hydrogen) atoms. The van der Waals surface area contributed by atoms with Gasteiger partial charge in [-0.05, 0) is 37.9 Å². The molecule has 0 aromatic heterocycles. The molecule has 1 atom stereocenters. The van der Waals surface area contributed by atoms with Gasteiger partial charge in [0.15, 0.2) is 5.11 Å². The molecule has 1 fully saturated rings. The van der Waals surface area contributed by atoms with Crippen LogP contribution in [0, 0.1) is 11.3 Å². The molecule has 1 saturated heterocycles. The molecule has 1 N–H and O–H groups in total. The van der Waals surface area contributed by atoms with Crippen molar-refractivity contribution in [1.29, 1.82) is 0 Å². The molecule has 4 nitrogen and oxygen atoms in total. The van der Waals surface area contributed by atoms with Crippen LogP contribution >= 0.6 is 12.2 Å². The highest BCUT2D eigenvalue weighted by Crippen LogP contribution is 2.31. The number of thiocarbonyl (C=S) groups is 1. The number of hydrogen-bond acceptors (Lipinski definition) is 3. The van der Waals surface area contributed by atoms with Crippen molar-refractivity contribution in [1.82, 2.24) is 10.2 Å². The molecular formula is C12H20N2O2S. The molecule has 0 aliphatic carbocycles. The largest absolute Gasteiger partial charge is 0.302 e. The first kappa shape index (κ1) is 14.1. The number of carbonyl (C=O) groups is 2. The summed E-state index contributed by atoms with van der Waals surface area (Å²) in [5, 5.41) is 2.88. The van der Waals surface area contributed by atoms with Crippen LogP contribution in [0.5, 0.6) is 0 Å². The summed E-state index contributed by atoms with van der Waals surface area (Å²) in [6.07, 6.45) is 1.36. The van der Waals surface area contributed by atoms with Crippen molar-refractivity contribution in [3.8, 4) is 0 Å². The van der Waals surface area contributed by atoms with Gasteiger partial charge >= 0.3 is 0 Å². The van der Waals surface area contributed by atoms with Crippen molar-refractivity contribution in [3.63, 3.8) is 0 Å². The lowest BCUT2D eigenvalue weighted by Gasteiger charge is -2.39. The summed E-state index contributed by atoms with van der Waals surface area (Å²) in [5.74, 6) is -0.153. The van der Waals surface area contributed by atoms with Crippen molar-refractivity contribution in [3.05, 3.63) is 0 Å². The Hall–Kier alpha value is -0.970. The van der Waals surface area contributed by atoms with Crippen LogP contribution in [0.25, 0.3) is 0 Å². The van der Waals surface area contributed by atoms with E-state index in [-0.39, 0.29) is 22.8 Å². The maximum Gasteiger partial charge on any atom is 0.244 e. The Morgan fingerprint density at radius 2 is 2.00 bits per heavy atom. The quantitative estimate of drug-likeness (QED) is 0.615. The molecule has 2 amide bonds. The fraction of sp³-hybridized carbons (Fsp3) is 0.750. The zero-order chi connectivity index (χ0) is 13.2. The molecule has 0 radical (unpaired) electrons. The van der Waals surface area contributed by atoms with E-state index in [1.807, 2.05) is 20.8 Å². The molecule has 0 spiro atoms. The topological polar surface area (TPSA) is 49.4 Å². The maximum atomic E-state index is 12.4. The average molecular weight is 256 g/mol. The third kappa shape index (κ3) is 2.65. The summed E-state index contributed by atoms with van der Waals surface area (Å²) in [6, 6.07) is 0. The Morgan fingerprint density at radius 3 is 2.47 bits per heavy atom. The fourth-order valence-corrected chi connectivity index (χ4v) is 2.48. The maximum absolute atomic E-state index is 12.4. The molecule has 1 unspecified atom stereocenters. The van der Waals surface area contributed by atoms with Gasteiger partial charge in [-0.2, -0.15) is 0 Å². The number of rotatable bonds is 4. The molecular weight excluding hydrogens is 236 g/mol. The van der Waals surface area contributed by atoms with Gasteiger partial charge in [0.2, 0.25) is 11.8 Å². The molecule has 96 valence electrons. The van der Waals surface area contributed by atoms with Crippen molar-refractivity contribution < 1.29 is 9.59 Å². The number of amides is 2. The van der Waals surface area contributed by atoms with Crippen LogP contribution in [0.3, 0.4) is 0 Å². The summed E-state index contributed by atoms with van der Waals surface area (Å²) < 4.78 is 0. The molecule has 1 rings (SSSR count). The van der Waals surface area contributed by atoms with E-state index in [9.17, 15) is 9.59 Å². The molecule has 5 heteroatoms. The van der Waals surface area contributed by atoms with Crippen LogP contribution in [-0.2, 0) is 9.59 Å². The van der Waals surface area contributed by atoms with Crippen molar-refractivity contribution in [2.24, 2.45) is 11.3 Å². The summed E-state index contributed by atoms with van der Waals surface area (Å²) in [4.78, 5) is 25.9. The van der Waals surface area contributed by atoms with Gasteiger partial charge in [0.05, 0.1) is 0 Å². The third-order valence-electron chi connectivity index (χ3n) is 2.95. The van der Waals surface area contributed by atoms with Gasteiger partial charge in [-0.1, -0.05) is 20.8 Å². The predicted molar refractivity (Wildman–Crippen MR) is 70.3 cm³/mol. The van der Waals surface area contributed by atoms with Gasteiger partial charge in [-0.3, -0.25) is 14.5 Å². The van der Waals surface area contributed by atoms with Crippen LogP contribution in [0.4, 0.5) is 0 Å². The van der Waals surface area contributed by atoms with Gasteiger partial charge in [-0.15, -0.1) is 0 Å². The first-order chi connectivity index (χ1) is 7.82. The smallest absolute Gasteiger partial charge is 0.244 e. The van der Waals surface area contributed by atoms with Crippen molar-refractivity contribution in [2.75, 3.05) is 6.54 Å². The Morgan fingerprint density at radius 1 is 1.41 bits per heavy atom. The van der Waals surface area contributed by atoms with Crippen LogP contribution in [0.15, 0.2) is 0 Å².